The molecule has 1 aliphatic carbocycles. The predicted molar refractivity (Wildman–Crippen MR) is 124 cm³/mol. The highest BCUT2D eigenvalue weighted by Gasteiger charge is 2.45. The second-order valence-corrected chi connectivity index (χ2v) is 9.00. The molecule has 1 saturated carbocycles. The zero-order chi connectivity index (χ0) is 26.8. The quantitative estimate of drug-likeness (QED) is 0.421. The van der Waals surface area contributed by atoms with E-state index in [0.29, 0.717) is 29.0 Å². The van der Waals surface area contributed by atoms with E-state index in [1.165, 1.54) is 12.1 Å². The number of hydrogen-bond acceptors (Lipinski definition) is 7. The minimum atomic E-state index is -4.94. The van der Waals surface area contributed by atoms with Gasteiger partial charge in [-0.3, -0.25) is 9.59 Å². The first-order chi connectivity index (χ1) is 17.5. The van der Waals surface area contributed by atoms with Gasteiger partial charge in [0.15, 0.2) is 0 Å². The first kappa shape index (κ1) is 26.2. The molecule has 3 aromatic rings. The number of nitrogens with one attached hydrogen (secondary N) is 2. The summed E-state index contributed by atoms with van der Waals surface area (Å²) in [6.07, 6.45) is -4.23. The number of aromatic nitrogens is 2. The Bertz CT molecular complexity index is 1390. The minimum absolute atomic E-state index is 0.0158. The van der Waals surface area contributed by atoms with Crippen LogP contribution in [0.2, 0.25) is 10.0 Å². The van der Waals surface area contributed by atoms with Crippen molar-refractivity contribution in [1.29, 1.82) is 5.26 Å². The molecular weight excluding hydrogens is 538 g/mol. The molecule has 0 saturated heterocycles. The third-order valence-corrected chi connectivity index (χ3v) is 5.84. The highest BCUT2D eigenvalue weighted by molar-refractivity contribution is 6.32. The van der Waals surface area contributed by atoms with Crippen LogP contribution in [0.5, 0.6) is 5.75 Å². The van der Waals surface area contributed by atoms with E-state index in [1.54, 1.807) is 24.3 Å². The summed E-state index contributed by atoms with van der Waals surface area (Å²) in [4.78, 5) is 29.8. The molecule has 1 heterocycles. The number of nitriles is 1. The molecule has 2 N–H and O–H groups in total. The van der Waals surface area contributed by atoms with Crippen LogP contribution in [0.4, 0.5) is 13.2 Å². The molecule has 1 atom stereocenters. The summed E-state index contributed by atoms with van der Waals surface area (Å²) in [6, 6.07) is 10.7. The molecule has 1 fully saturated rings. The number of amides is 2. The van der Waals surface area contributed by atoms with E-state index >= 15 is 0 Å². The second-order valence-electron chi connectivity index (χ2n) is 8.16. The van der Waals surface area contributed by atoms with Crippen molar-refractivity contribution in [2.24, 2.45) is 0 Å². The fourth-order valence-electron chi connectivity index (χ4n) is 3.31. The average molecular weight is 554 g/mol. The first-order valence-electron chi connectivity index (χ1n) is 10.6. The van der Waals surface area contributed by atoms with Crippen LogP contribution in [0.1, 0.15) is 29.0 Å². The zero-order valence-corrected chi connectivity index (χ0v) is 20.1. The zero-order valence-electron chi connectivity index (χ0n) is 18.6. The van der Waals surface area contributed by atoms with E-state index in [1.807, 2.05) is 6.07 Å². The van der Waals surface area contributed by atoms with Crippen LogP contribution in [-0.2, 0) is 11.2 Å². The Balaban J connectivity index is 1.53. The molecule has 37 heavy (non-hydrogen) atoms. The van der Waals surface area contributed by atoms with Crippen molar-refractivity contribution < 1.29 is 32.0 Å². The maximum atomic E-state index is 13.0. The van der Waals surface area contributed by atoms with Crippen LogP contribution < -0.4 is 15.4 Å². The highest BCUT2D eigenvalue weighted by atomic mass is 35.5. The van der Waals surface area contributed by atoms with Crippen LogP contribution in [-0.4, -0.2) is 39.9 Å². The number of ether oxygens (including phenoxy) is 1. The van der Waals surface area contributed by atoms with Crippen molar-refractivity contribution >= 4 is 35.0 Å². The van der Waals surface area contributed by atoms with Crippen molar-refractivity contribution in [3.05, 3.63) is 63.9 Å². The molecule has 1 aromatic heterocycles. The van der Waals surface area contributed by atoms with E-state index in [2.05, 4.69) is 25.5 Å². The molecule has 0 radical (unpaired) electrons. The van der Waals surface area contributed by atoms with Gasteiger partial charge < -0.3 is 19.9 Å². The van der Waals surface area contributed by atoms with Crippen LogP contribution >= 0.6 is 23.2 Å². The van der Waals surface area contributed by atoms with Gasteiger partial charge in [0.25, 0.3) is 17.6 Å². The summed E-state index contributed by atoms with van der Waals surface area (Å²) in [6.45, 7) is 0. The molecule has 0 bridgehead atoms. The number of nitrogens with zero attached hydrogens (tertiary/aromatic N) is 3. The molecule has 2 aromatic carbocycles. The Morgan fingerprint density at radius 2 is 1.97 bits per heavy atom. The molecule has 14 heteroatoms. The first-order valence-corrected chi connectivity index (χ1v) is 11.4. The Morgan fingerprint density at radius 1 is 1.22 bits per heavy atom. The molecule has 4 rings (SSSR count). The summed E-state index contributed by atoms with van der Waals surface area (Å²) in [5.74, 6) is -2.52. The lowest BCUT2D eigenvalue weighted by Gasteiger charge is -2.20. The van der Waals surface area contributed by atoms with Crippen molar-refractivity contribution in [3.63, 3.8) is 0 Å². The molecule has 9 nitrogen and oxygen atoms in total. The highest BCUT2D eigenvalue weighted by Crippen LogP contribution is 2.35. The van der Waals surface area contributed by atoms with Crippen molar-refractivity contribution in [2.45, 2.75) is 37.2 Å². The van der Waals surface area contributed by atoms with Crippen molar-refractivity contribution in [3.8, 4) is 23.3 Å². The number of hydrogen-bond donors (Lipinski definition) is 2. The Hall–Kier alpha value is -3.82. The van der Waals surface area contributed by atoms with E-state index < -0.39 is 35.5 Å². The van der Waals surface area contributed by atoms with E-state index in [0.717, 1.165) is 6.07 Å². The lowest BCUT2D eigenvalue weighted by molar-refractivity contribution is -0.274. The average Bonchev–Trinajstić information content (AvgIpc) is 3.42. The van der Waals surface area contributed by atoms with Crippen LogP contribution in [0.15, 0.2) is 47.0 Å². The monoisotopic (exact) mass is 553 g/mol. The molecule has 2 amide bonds. The van der Waals surface area contributed by atoms with Crippen molar-refractivity contribution in [1.82, 2.24) is 20.8 Å². The summed E-state index contributed by atoms with van der Waals surface area (Å²) in [5.41, 5.74) is -0.253. The number of benzene rings is 2. The Morgan fingerprint density at radius 3 is 2.59 bits per heavy atom. The summed E-state index contributed by atoms with van der Waals surface area (Å²) < 4.78 is 46.6. The SMILES string of the molecule is N#CC1(NC(=O)C(Cc2ccc(OC(F)(F)F)c(Cl)c2)NC(=O)c2noc(-c3cccc(Cl)c3)n2)CC1. The van der Waals surface area contributed by atoms with Gasteiger partial charge in [-0.15, -0.1) is 13.2 Å². The van der Waals surface area contributed by atoms with E-state index in [-0.39, 0.29) is 23.2 Å². The van der Waals surface area contributed by atoms with Gasteiger partial charge in [-0.1, -0.05) is 40.5 Å². The second kappa shape index (κ2) is 10.3. The molecule has 0 spiro atoms. The number of alkyl halides is 3. The number of rotatable bonds is 8. The van der Waals surface area contributed by atoms with Gasteiger partial charge in [0.05, 0.1) is 11.1 Å². The third-order valence-electron chi connectivity index (χ3n) is 5.31. The fourth-order valence-corrected chi connectivity index (χ4v) is 3.75. The molecule has 192 valence electrons. The summed E-state index contributed by atoms with van der Waals surface area (Å²) in [7, 11) is 0. The number of carbonyl (C=O) groups excluding carboxylic acids is 2. The molecule has 1 unspecified atom stereocenters. The maximum Gasteiger partial charge on any atom is 0.573 e. The Kier molecular flexibility index (Phi) is 7.29. The maximum absolute atomic E-state index is 13.0. The van der Waals surface area contributed by atoms with Crippen LogP contribution in [0.25, 0.3) is 11.5 Å². The van der Waals surface area contributed by atoms with Gasteiger partial charge in [-0.25, -0.2) is 0 Å². The number of halogens is 5. The van der Waals surface area contributed by atoms with E-state index in [4.69, 9.17) is 27.7 Å². The summed E-state index contributed by atoms with van der Waals surface area (Å²) in [5, 5.41) is 18.1. The minimum Gasteiger partial charge on any atom is -0.404 e. The largest absolute Gasteiger partial charge is 0.573 e. The van der Waals surface area contributed by atoms with Gasteiger partial charge in [0.1, 0.15) is 17.3 Å². The fraction of sp³-hybridized carbons (Fsp3) is 0.261. The van der Waals surface area contributed by atoms with Gasteiger partial charge in [0.2, 0.25) is 5.91 Å². The van der Waals surface area contributed by atoms with Gasteiger partial charge >= 0.3 is 6.36 Å². The molecule has 0 aliphatic heterocycles. The standard InChI is InChI=1S/C23H16Cl2F3N5O4/c24-14-3-1-2-13(10-14)21-31-18(33-37-21)20(35)30-16(19(34)32-22(11-29)6-7-22)9-12-4-5-17(15(25)8-12)36-23(26,27)28/h1-5,8,10,16H,6-7,9H2,(H,30,35)(H,32,34). The molecule has 1 aliphatic rings. The number of carbonyl (C=O) groups is 2. The topological polar surface area (TPSA) is 130 Å². The van der Waals surface area contributed by atoms with Crippen molar-refractivity contribution in [2.75, 3.05) is 0 Å². The normalized spacial score (nSPS) is 14.8. The van der Waals surface area contributed by atoms with Gasteiger partial charge in [-0.2, -0.15) is 10.2 Å². The van der Waals surface area contributed by atoms with Crippen LogP contribution in [0.3, 0.4) is 0 Å². The molecular formula is C23H16Cl2F3N5O4. The summed E-state index contributed by atoms with van der Waals surface area (Å²) >= 11 is 11.9. The lowest BCUT2D eigenvalue weighted by Crippen LogP contribution is -2.51. The van der Waals surface area contributed by atoms with Gasteiger partial charge in [0, 0.05) is 17.0 Å². The predicted octanol–water partition coefficient (Wildman–Crippen LogP) is 4.46. The van der Waals surface area contributed by atoms with Gasteiger partial charge in [-0.05, 0) is 48.7 Å². The third kappa shape index (κ3) is 6.69. The van der Waals surface area contributed by atoms with Crippen LogP contribution in [0, 0.1) is 11.3 Å². The lowest BCUT2D eigenvalue weighted by atomic mass is 10.0. The Labute approximate surface area is 217 Å². The smallest absolute Gasteiger partial charge is 0.404 e. The van der Waals surface area contributed by atoms with E-state index in [9.17, 15) is 28.0 Å².